The molecule has 0 bridgehead atoms. The van der Waals surface area contributed by atoms with Gasteiger partial charge in [0.25, 0.3) is 17.7 Å². The van der Waals surface area contributed by atoms with E-state index in [0.717, 1.165) is 19.4 Å². The van der Waals surface area contributed by atoms with Gasteiger partial charge in [-0.1, -0.05) is 18.2 Å². The smallest absolute Gasteiger partial charge is 0.484 e. The minimum Gasteiger partial charge on any atom is -0.484 e. The number of aromatic nitrogens is 2. The molecule has 3 aliphatic heterocycles. The summed E-state index contributed by atoms with van der Waals surface area (Å²) in [6.07, 6.45) is 12.6. The third kappa shape index (κ3) is 4.95. The zero-order valence-corrected chi connectivity index (χ0v) is 21.7. The number of aromatic amines is 1. The lowest BCUT2D eigenvalue weighted by Crippen LogP contribution is -2.50. The van der Waals surface area contributed by atoms with Crippen LogP contribution in [-0.4, -0.2) is 68.9 Å². The third-order valence-electron chi connectivity index (χ3n) is 6.98. The lowest BCUT2D eigenvalue weighted by molar-refractivity contribution is -0.360. The molecule has 0 atom stereocenters. The van der Waals surface area contributed by atoms with Crippen LogP contribution in [0.5, 0.6) is 5.75 Å². The van der Waals surface area contributed by atoms with Gasteiger partial charge >= 0.3 is 6.97 Å². The van der Waals surface area contributed by atoms with E-state index in [-0.39, 0.29) is 19.7 Å². The number of rotatable bonds is 9. The van der Waals surface area contributed by atoms with Gasteiger partial charge in [-0.2, -0.15) is 0 Å². The topological polar surface area (TPSA) is 99.4 Å². The van der Waals surface area contributed by atoms with Gasteiger partial charge in [0.1, 0.15) is 11.4 Å². The monoisotopic (exact) mass is 555 g/mol. The third-order valence-corrected chi connectivity index (χ3v) is 6.98. The zero-order chi connectivity index (χ0) is 28.6. The number of carbonyl (C=O) groups is 3. The zero-order valence-electron chi connectivity index (χ0n) is 21.7. The molecule has 0 radical (unpaired) electrons. The molecule has 2 N–H and O–H groups in total. The maximum absolute atomic E-state index is 15.9. The molecule has 5 heterocycles. The number of H-pyrrole nitrogens is 1. The second-order valence-electron chi connectivity index (χ2n) is 9.59. The number of benzene rings is 1. The van der Waals surface area contributed by atoms with Crippen LogP contribution in [0.3, 0.4) is 0 Å². The molecule has 9 nitrogen and oxygen atoms in total. The molecule has 0 saturated carbocycles. The van der Waals surface area contributed by atoms with E-state index in [1.54, 1.807) is 85.1 Å². The summed E-state index contributed by atoms with van der Waals surface area (Å²) in [5, 5.41) is 2.60. The summed E-state index contributed by atoms with van der Waals surface area (Å²) in [5.41, 5.74) is 3.03. The number of hydrogen-bond donors (Lipinski definition) is 2. The Balaban J connectivity index is 1.08. The Hall–Kier alpha value is -5.26. The van der Waals surface area contributed by atoms with Gasteiger partial charge in [0, 0.05) is 61.1 Å². The number of nitrogens with zero attached hydrogens (tertiary/aromatic N) is 3. The molecule has 3 amide bonds. The number of fused-ring (bicyclic) bond motifs is 2. The van der Waals surface area contributed by atoms with Gasteiger partial charge in [0.15, 0.2) is 18.0 Å². The van der Waals surface area contributed by atoms with Crippen LogP contribution >= 0.6 is 0 Å². The van der Waals surface area contributed by atoms with E-state index in [2.05, 4.69) is 10.3 Å². The summed E-state index contributed by atoms with van der Waals surface area (Å²) in [4.78, 5) is 39.2. The summed E-state index contributed by atoms with van der Waals surface area (Å²) < 4.78 is 39.5. The van der Waals surface area contributed by atoms with Crippen molar-refractivity contribution in [2.24, 2.45) is 0 Å². The number of halogens is 2. The average Bonchev–Trinajstić information content (AvgIpc) is 3.76. The van der Waals surface area contributed by atoms with Crippen LogP contribution in [0.2, 0.25) is 0 Å². The number of allylic oxidation sites excluding steroid dienone is 2. The van der Waals surface area contributed by atoms with Gasteiger partial charge in [0.05, 0.1) is 0 Å². The van der Waals surface area contributed by atoms with Gasteiger partial charge in [0.2, 0.25) is 0 Å². The highest BCUT2D eigenvalue weighted by molar-refractivity contribution is 6.58. The maximum Gasteiger partial charge on any atom is 0.737 e. The number of hydrogen-bond acceptors (Lipinski definition) is 4. The van der Waals surface area contributed by atoms with Crippen LogP contribution in [0.25, 0.3) is 18.2 Å². The highest BCUT2D eigenvalue weighted by atomic mass is 19.2. The molecule has 3 aliphatic rings. The lowest BCUT2D eigenvalue weighted by atomic mass is 9.90. The van der Waals surface area contributed by atoms with E-state index < -0.39 is 24.7 Å². The minimum absolute atomic E-state index is 0.0773. The van der Waals surface area contributed by atoms with Crippen molar-refractivity contribution in [1.82, 2.24) is 19.7 Å². The summed E-state index contributed by atoms with van der Waals surface area (Å²) in [5.74, 6) is -0.760. The number of ether oxygens (including phenoxy) is 1. The van der Waals surface area contributed by atoms with Crippen molar-refractivity contribution >= 4 is 48.6 Å². The fourth-order valence-electron chi connectivity index (χ4n) is 5.01. The number of nitrogens with one attached hydrogen (secondary N) is 2. The van der Waals surface area contributed by atoms with Crippen molar-refractivity contribution in [2.75, 3.05) is 19.7 Å². The molecular weight excluding hydrogens is 531 g/mol. The van der Waals surface area contributed by atoms with Crippen LogP contribution in [0.4, 0.5) is 8.63 Å². The molecule has 12 heteroatoms. The number of imide groups is 1. The largest absolute Gasteiger partial charge is 0.737 e. The fraction of sp³-hybridized carbons (Fsp3) is 0.103. The molecule has 0 spiro atoms. The number of carbonyl (C=O) groups excluding carboxylic acids is 3. The van der Waals surface area contributed by atoms with Gasteiger partial charge in [-0.05, 0) is 48.0 Å². The SMILES string of the molecule is O=C(COc1ccc(/C=C/c2ccc3n2[B-](F)(F)[N+]2=C(c4ccc[nH]4)C=CC2=C3)cc1)NCCN1C(=O)C=CC1=O. The van der Waals surface area contributed by atoms with Crippen molar-refractivity contribution in [3.8, 4) is 5.75 Å². The fourth-order valence-corrected chi connectivity index (χ4v) is 5.01. The Kier molecular flexibility index (Phi) is 6.58. The molecule has 0 unspecified atom stereocenters. The Morgan fingerprint density at radius 2 is 1.78 bits per heavy atom. The summed E-state index contributed by atoms with van der Waals surface area (Å²) in [7, 11) is 0. The first-order chi connectivity index (χ1) is 19.8. The molecular formula is C29H24BF2N5O4. The first-order valence-corrected chi connectivity index (χ1v) is 13.0. The van der Waals surface area contributed by atoms with E-state index in [1.807, 2.05) is 0 Å². The van der Waals surface area contributed by atoms with Crippen LogP contribution in [0.1, 0.15) is 22.6 Å². The Bertz CT molecular complexity index is 1680. The summed E-state index contributed by atoms with van der Waals surface area (Å²) in [6, 6.07) is 13.7. The Morgan fingerprint density at radius 3 is 2.51 bits per heavy atom. The quantitative estimate of drug-likeness (QED) is 0.313. The molecule has 3 aromatic rings. The van der Waals surface area contributed by atoms with Crippen molar-refractivity contribution in [3.05, 3.63) is 107 Å². The first kappa shape index (κ1) is 26.0. The average molecular weight is 555 g/mol. The summed E-state index contributed by atoms with van der Waals surface area (Å²) in [6.45, 7) is -4.19. The first-order valence-electron chi connectivity index (χ1n) is 13.0. The molecule has 0 saturated heterocycles. The highest BCUT2D eigenvalue weighted by Gasteiger charge is 2.52. The van der Waals surface area contributed by atoms with Crippen molar-refractivity contribution in [2.45, 2.75) is 0 Å². The van der Waals surface area contributed by atoms with E-state index in [4.69, 9.17) is 4.74 Å². The van der Waals surface area contributed by atoms with Crippen LogP contribution < -0.4 is 10.1 Å². The molecule has 6 rings (SSSR count). The molecule has 206 valence electrons. The molecule has 2 aromatic heterocycles. The summed E-state index contributed by atoms with van der Waals surface area (Å²) >= 11 is 0. The maximum atomic E-state index is 15.9. The van der Waals surface area contributed by atoms with Gasteiger partial charge in [-0.3, -0.25) is 19.3 Å². The van der Waals surface area contributed by atoms with Gasteiger partial charge in [-0.25, -0.2) is 0 Å². The van der Waals surface area contributed by atoms with E-state index in [9.17, 15) is 14.4 Å². The molecule has 0 fully saturated rings. The standard InChI is InChI=1S/C29H24BF2N5O4/c31-30(32)36-21(7-8-22(36)18-23-9-12-26(37(23)30)25-2-1-15-33-25)6-3-20-4-10-24(11-5-20)41-19-27(38)34-16-17-35-28(39)13-14-29(35)40/h1-15,18,33H,16-17,19H2,(H,34,38)/b6-3+. The highest BCUT2D eigenvalue weighted by Crippen LogP contribution is 2.34. The van der Waals surface area contributed by atoms with Crippen molar-refractivity contribution in [3.63, 3.8) is 0 Å². The predicted molar refractivity (Wildman–Crippen MR) is 150 cm³/mol. The van der Waals surface area contributed by atoms with Gasteiger partial charge < -0.3 is 32.6 Å². The van der Waals surface area contributed by atoms with E-state index in [1.165, 1.54) is 12.2 Å². The molecule has 0 aliphatic carbocycles. The molecule has 1 aromatic carbocycles. The lowest BCUT2D eigenvalue weighted by Gasteiger charge is -2.30. The minimum atomic E-state index is -4.14. The normalized spacial score (nSPS) is 16.9. The van der Waals surface area contributed by atoms with E-state index in [0.29, 0.717) is 34.2 Å². The van der Waals surface area contributed by atoms with Crippen LogP contribution in [0.15, 0.2) is 84.7 Å². The van der Waals surface area contributed by atoms with Gasteiger partial charge in [-0.15, -0.1) is 0 Å². The Morgan fingerprint density at radius 1 is 1.00 bits per heavy atom. The second-order valence-corrected chi connectivity index (χ2v) is 9.59. The van der Waals surface area contributed by atoms with Crippen LogP contribution in [-0.2, 0) is 14.4 Å². The van der Waals surface area contributed by atoms with Crippen molar-refractivity contribution < 1.29 is 32.2 Å². The Labute approximate surface area is 233 Å². The van der Waals surface area contributed by atoms with E-state index >= 15 is 8.63 Å². The molecule has 41 heavy (non-hydrogen) atoms. The predicted octanol–water partition coefficient (Wildman–Crippen LogP) is 3.06. The number of amides is 3. The second kappa shape index (κ2) is 10.4. The van der Waals surface area contributed by atoms with Crippen LogP contribution in [0, 0.1) is 0 Å². The van der Waals surface area contributed by atoms with Crippen molar-refractivity contribution in [1.29, 1.82) is 0 Å².